The number of methoxy groups -OCH3 is 1. The molecule has 14 nitrogen and oxygen atoms in total. The first-order chi connectivity index (χ1) is 28.6. The second kappa shape index (κ2) is 16.4. The van der Waals surface area contributed by atoms with Crippen LogP contribution in [0.15, 0.2) is 42.6 Å². The number of halogens is 3. The van der Waals surface area contributed by atoms with Gasteiger partial charge in [-0.25, -0.2) is 9.37 Å². The maximum absolute atomic E-state index is 15.3. The highest BCUT2D eigenvalue weighted by Crippen LogP contribution is 2.54. The first kappa shape index (κ1) is 41.6. The number of aliphatic hydroxyl groups is 1. The minimum Gasteiger partial charge on any atom is -0.495 e. The van der Waals surface area contributed by atoms with E-state index in [9.17, 15) is 28.3 Å². The van der Waals surface area contributed by atoms with Gasteiger partial charge in [0.1, 0.15) is 23.5 Å². The monoisotopic (exact) mass is 833 g/mol. The zero-order chi connectivity index (χ0) is 42.5. The van der Waals surface area contributed by atoms with E-state index in [0.717, 1.165) is 69.7 Å². The predicted molar refractivity (Wildman–Crippen MR) is 221 cm³/mol. The number of anilines is 5. The van der Waals surface area contributed by atoms with Crippen molar-refractivity contribution >= 4 is 46.5 Å². The average Bonchev–Trinajstić information content (AvgIpc) is 3.91. The summed E-state index contributed by atoms with van der Waals surface area (Å²) < 4.78 is 50.4. The largest absolute Gasteiger partial charge is 0.495 e. The second-order valence-electron chi connectivity index (χ2n) is 17.4. The van der Waals surface area contributed by atoms with Crippen molar-refractivity contribution in [1.29, 1.82) is 0 Å². The van der Waals surface area contributed by atoms with E-state index in [2.05, 4.69) is 35.7 Å². The molecule has 0 bridgehead atoms. The van der Waals surface area contributed by atoms with E-state index in [1.807, 2.05) is 6.07 Å². The average molecular weight is 834 g/mol. The molecule has 4 N–H and O–H groups in total. The van der Waals surface area contributed by atoms with Crippen molar-refractivity contribution < 1.29 is 37.4 Å². The van der Waals surface area contributed by atoms with Crippen LogP contribution in [0.3, 0.4) is 0 Å². The molecule has 5 heterocycles. The molecule has 3 atom stereocenters. The molecule has 17 heteroatoms. The summed E-state index contributed by atoms with van der Waals surface area (Å²) >= 11 is 0. The molecule has 1 saturated carbocycles. The summed E-state index contributed by atoms with van der Waals surface area (Å²) in [5.41, 5.74) is 2.39. The zero-order valence-electron chi connectivity index (χ0n) is 34.5. The van der Waals surface area contributed by atoms with Crippen LogP contribution >= 0.6 is 0 Å². The number of amides is 3. The van der Waals surface area contributed by atoms with E-state index >= 15 is 4.39 Å². The van der Waals surface area contributed by atoms with E-state index in [0.29, 0.717) is 47.0 Å². The molecule has 4 aliphatic heterocycles. The molecule has 3 unspecified atom stereocenters. The number of fused-ring (bicyclic) bond motifs is 1. The first-order valence-electron chi connectivity index (χ1n) is 21.0. The first-order valence-corrected chi connectivity index (χ1v) is 21.0. The van der Waals surface area contributed by atoms with E-state index in [1.54, 1.807) is 38.1 Å². The number of nitrogens with one attached hydrogen (secondary N) is 3. The molecule has 0 radical (unpaired) electrons. The number of ether oxygens (including phenoxy) is 1. The zero-order valence-corrected chi connectivity index (χ0v) is 34.5. The molecule has 322 valence electrons. The Morgan fingerprint density at radius 3 is 2.47 bits per heavy atom. The van der Waals surface area contributed by atoms with Crippen LogP contribution in [0.5, 0.6) is 5.75 Å². The van der Waals surface area contributed by atoms with Gasteiger partial charge in [-0.05, 0) is 119 Å². The highest BCUT2D eigenvalue weighted by atomic mass is 19.3. The molecular formula is C43H54F3N9O5. The fourth-order valence-corrected chi connectivity index (χ4v) is 9.42. The van der Waals surface area contributed by atoms with Gasteiger partial charge >= 0.3 is 5.92 Å². The number of hydrogen-bond donors (Lipinski definition) is 4. The molecule has 3 saturated heterocycles. The van der Waals surface area contributed by atoms with E-state index in [4.69, 9.17) is 4.74 Å². The Kier molecular flexibility index (Phi) is 11.3. The molecule has 1 spiro atoms. The molecule has 3 amide bonds. The number of carbonyl (C=O) groups excluding carboxylic acids is 3. The Morgan fingerprint density at radius 1 is 1.03 bits per heavy atom. The van der Waals surface area contributed by atoms with Gasteiger partial charge in [0.15, 0.2) is 5.82 Å². The molecule has 5 aliphatic rings. The van der Waals surface area contributed by atoms with Crippen molar-refractivity contribution in [2.24, 2.45) is 11.3 Å². The van der Waals surface area contributed by atoms with Crippen LogP contribution in [-0.4, -0.2) is 115 Å². The van der Waals surface area contributed by atoms with Crippen LogP contribution in [0, 0.1) is 17.2 Å². The Morgan fingerprint density at radius 2 is 1.78 bits per heavy atom. The Labute approximate surface area is 347 Å². The van der Waals surface area contributed by atoms with Crippen molar-refractivity contribution in [3.05, 3.63) is 59.5 Å². The van der Waals surface area contributed by atoms with Crippen molar-refractivity contribution in [3.63, 3.8) is 0 Å². The predicted octanol–water partition coefficient (Wildman–Crippen LogP) is 5.01. The Bertz CT molecular complexity index is 2120. The van der Waals surface area contributed by atoms with Gasteiger partial charge in [0.25, 0.3) is 11.8 Å². The van der Waals surface area contributed by atoms with Gasteiger partial charge < -0.3 is 45.4 Å². The fourth-order valence-electron chi connectivity index (χ4n) is 9.42. The van der Waals surface area contributed by atoms with Gasteiger partial charge in [0, 0.05) is 44.3 Å². The van der Waals surface area contributed by atoms with Gasteiger partial charge in [0.05, 0.1) is 37.1 Å². The quantitative estimate of drug-likeness (QED) is 0.218. The van der Waals surface area contributed by atoms with Gasteiger partial charge in [-0.3, -0.25) is 14.4 Å². The summed E-state index contributed by atoms with van der Waals surface area (Å²) in [4.78, 5) is 54.1. The van der Waals surface area contributed by atoms with E-state index in [1.165, 1.54) is 31.3 Å². The van der Waals surface area contributed by atoms with Crippen LogP contribution in [0.2, 0.25) is 0 Å². The van der Waals surface area contributed by atoms with Gasteiger partial charge in [-0.2, -0.15) is 13.8 Å². The van der Waals surface area contributed by atoms with Crippen molar-refractivity contribution in [3.8, 4) is 5.75 Å². The lowest BCUT2D eigenvalue weighted by atomic mass is 9.89. The number of rotatable bonds is 10. The summed E-state index contributed by atoms with van der Waals surface area (Å²) in [6.45, 7) is 7.18. The van der Waals surface area contributed by atoms with E-state index < -0.39 is 30.5 Å². The van der Waals surface area contributed by atoms with Crippen LogP contribution in [0.25, 0.3) is 0 Å². The normalized spacial score (nSPS) is 24.2. The van der Waals surface area contributed by atoms with Crippen LogP contribution in [0.1, 0.15) is 80.6 Å². The maximum Gasteiger partial charge on any atom is 0.342 e. The third kappa shape index (κ3) is 8.29. The van der Waals surface area contributed by atoms with Gasteiger partial charge in [-0.15, -0.1) is 0 Å². The third-order valence-corrected chi connectivity index (χ3v) is 13.3. The van der Waals surface area contributed by atoms with Crippen LogP contribution < -0.4 is 35.4 Å². The summed E-state index contributed by atoms with van der Waals surface area (Å²) in [5, 5.41) is 18.6. The summed E-state index contributed by atoms with van der Waals surface area (Å²) in [5.74, 6) is -4.93. The topological polar surface area (TPSA) is 156 Å². The number of piperidine rings is 3. The SMILES string of the molecule is COc1cc(C(=O)NC2CC23CCN(CC2CCN(c4ccc(C5CCC(O)NC5=O)cc4F)CC2)CC3)ccc1Nc1ncc2c(n1)N(C(C)C)CC(F)(F)C(=O)N2C. The molecule has 2 aromatic carbocycles. The fraction of sp³-hybridized carbons (Fsp3) is 0.558. The number of benzene rings is 2. The van der Waals surface area contributed by atoms with Gasteiger partial charge in [0.2, 0.25) is 11.9 Å². The van der Waals surface area contributed by atoms with Crippen LogP contribution in [0.4, 0.5) is 42.0 Å². The number of carbonyl (C=O) groups is 3. The number of likely N-dealkylation sites (tertiary alicyclic amines) is 1. The molecule has 8 rings (SSSR count). The summed E-state index contributed by atoms with van der Waals surface area (Å²) in [6, 6.07) is 9.84. The number of aromatic nitrogens is 2. The Balaban J connectivity index is 0.812. The number of hydrogen-bond acceptors (Lipinski definition) is 11. The molecule has 3 aromatic rings. The summed E-state index contributed by atoms with van der Waals surface area (Å²) in [6.07, 6.45) is 6.35. The highest BCUT2D eigenvalue weighted by Gasteiger charge is 2.55. The molecular weight excluding hydrogens is 780 g/mol. The van der Waals surface area contributed by atoms with Gasteiger partial charge in [-0.1, -0.05) is 6.07 Å². The van der Waals surface area contributed by atoms with Crippen molar-refractivity contribution in [1.82, 2.24) is 25.5 Å². The Hall–Kier alpha value is -5.16. The molecule has 1 aliphatic carbocycles. The van der Waals surface area contributed by atoms with E-state index in [-0.39, 0.29) is 52.6 Å². The minimum atomic E-state index is -3.60. The standard InChI is InChI=1S/C43H54F3N9O5/c1-25(2)55-24-43(45,46)40(59)52(3)33-22-47-41(51-37(33)55)48-31-8-5-28(20-34(31)60-4)38(57)49-35-21-42(35)13-17-53(18-14-42)23-26-11-15-54(16-12-26)32-9-6-27(19-30(32)44)29-7-10-36(56)50-39(29)58/h5-6,8-9,19-20,22,25-26,29,35-36,56H,7,10-18,21,23-24H2,1-4H3,(H,49,57)(H,50,58)(H,47,48,51). The smallest absolute Gasteiger partial charge is 0.342 e. The molecule has 1 aromatic heterocycles. The lowest BCUT2D eigenvalue weighted by Gasteiger charge is -2.39. The number of alkyl halides is 2. The van der Waals surface area contributed by atoms with Crippen molar-refractivity contribution in [2.45, 2.75) is 88.9 Å². The summed E-state index contributed by atoms with van der Waals surface area (Å²) in [7, 11) is 2.77. The third-order valence-electron chi connectivity index (χ3n) is 13.3. The number of nitrogens with zero attached hydrogens (tertiary/aromatic N) is 6. The minimum absolute atomic E-state index is 0.0915. The lowest BCUT2D eigenvalue weighted by Crippen LogP contribution is -2.47. The second-order valence-corrected chi connectivity index (χ2v) is 17.4. The van der Waals surface area contributed by atoms with Crippen LogP contribution in [-0.2, 0) is 9.59 Å². The van der Waals surface area contributed by atoms with Crippen molar-refractivity contribution in [2.75, 3.05) is 73.4 Å². The molecule has 4 fully saturated rings. The maximum atomic E-state index is 15.3. The number of aliphatic hydroxyl groups excluding tert-OH is 1. The lowest BCUT2D eigenvalue weighted by molar-refractivity contribution is -0.140. The molecule has 60 heavy (non-hydrogen) atoms. The highest BCUT2D eigenvalue weighted by molar-refractivity contribution is 6.02.